The summed E-state index contributed by atoms with van der Waals surface area (Å²) in [5.41, 5.74) is 2.88. The second-order valence-corrected chi connectivity index (χ2v) is 10.7. The highest BCUT2D eigenvalue weighted by molar-refractivity contribution is 7.89. The Morgan fingerprint density at radius 1 is 0.900 bits per heavy atom. The molecule has 0 aromatic heterocycles. The van der Waals surface area contributed by atoms with Crippen molar-refractivity contribution in [2.75, 3.05) is 63.2 Å². The van der Waals surface area contributed by atoms with Crippen LogP contribution in [0.15, 0.2) is 53.4 Å². The highest BCUT2D eigenvalue weighted by Crippen LogP contribution is 2.43. The summed E-state index contributed by atoms with van der Waals surface area (Å²) in [5.74, 6) is 0. The van der Waals surface area contributed by atoms with Gasteiger partial charge in [0, 0.05) is 53.4 Å². The van der Waals surface area contributed by atoms with Crippen LogP contribution in [-0.4, -0.2) is 71.0 Å². The van der Waals surface area contributed by atoms with Gasteiger partial charge in [-0.3, -0.25) is 4.90 Å². The summed E-state index contributed by atoms with van der Waals surface area (Å²) in [4.78, 5) is 7.42. The van der Waals surface area contributed by atoms with Crippen LogP contribution < -0.4 is 9.80 Å². The van der Waals surface area contributed by atoms with Gasteiger partial charge in [0.05, 0.1) is 21.8 Å². The Labute approximate surface area is 180 Å². The normalized spacial score (nSPS) is 20.9. The standard InChI is InChI=1S/C23H32N4O2S/c1-23(2)19-9-5-8-12-22(19)30(28,29)27(23)18-15-25-13-16-26(17-14-25)21-11-7-6-10-20(21)24(3)4/h5-12H,13-18H2,1-4H3. The van der Waals surface area contributed by atoms with Crippen molar-refractivity contribution >= 4 is 21.4 Å². The van der Waals surface area contributed by atoms with Crippen molar-refractivity contribution in [3.63, 3.8) is 0 Å². The van der Waals surface area contributed by atoms with Gasteiger partial charge in [0.15, 0.2) is 0 Å². The number of para-hydroxylation sites is 2. The second kappa shape index (κ2) is 7.87. The lowest BCUT2D eigenvalue weighted by atomic mass is 9.94. The molecule has 0 amide bonds. The zero-order chi connectivity index (χ0) is 21.5. The summed E-state index contributed by atoms with van der Waals surface area (Å²) in [5, 5.41) is 0. The molecule has 2 heterocycles. The lowest BCUT2D eigenvalue weighted by Gasteiger charge is -2.39. The van der Waals surface area contributed by atoms with Gasteiger partial charge in [-0.1, -0.05) is 30.3 Å². The van der Waals surface area contributed by atoms with Crippen LogP contribution in [0.2, 0.25) is 0 Å². The fourth-order valence-corrected chi connectivity index (χ4v) is 6.81. The van der Waals surface area contributed by atoms with Crippen molar-refractivity contribution in [1.82, 2.24) is 9.21 Å². The van der Waals surface area contributed by atoms with Crippen LogP contribution in [-0.2, 0) is 15.6 Å². The number of hydrogen-bond acceptors (Lipinski definition) is 5. The summed E-state index contributed by atoms with van der Waals surface area (Å²) in [6, 6.07) is 15.9. The first kappa shape index (κ1) is 21.2. The van der Waals surface area contributed by atoms with Crippen LogP contribution in [0.4, 0.5) is 11.4 Å². The lowest BCUT2D eigenvalue weighted by Crippen LogP contribution is -2.50. The van der Waals surface area contributed by atoms with E-state index in [2.05, 4.69) is 53.1 Å². The van der Waals surface area contributed by atoms with Crippen LogP contribution in [0.5, 0.6) is 0 Å². The summed E-state index contributed by atoms with van der Waals surface area (Å²) < 4.78 is 27.9. The third-order valence-corrected chi connectivity index (χ3v) is 8.56. The van der Waals surface area contributed by atoms with Gasteiger partial charge in [-0.15, -0.1) is 0 Å². The largest absolute Gasteiger partial charge is 0.376 e. The van der Waals surface area contributed by atoms with Crippen molar-refractivity contribution in [2.24, 2.45) is 0 Å². The molecule has 2 aromatic rings. The Hall–Kier alpha value is -2.09. The van der Waals surface area contributed by atoms with Crippen LogP contribution in [0.1, 0.15) is 19.4 Å². The van der Waals surface area contributed by atoms with E-state index < -0.39 is 15.6 Å². The Kier molecular flexibility index (Phi) is 5.55. The van der Waals surface area contributed by atoms with E-state index >= 15 is 0 Å². The number of rotatable bonds is 5. The van der Waals surface area contributed by atoms with E-state index in [-0.39, 0.29) is 0 Å². The van der Waals surface area contributed by atoms with E-state index in [0.29, 0.717) is 11.4 Å². The molecular formula is C23H32N4O2S. The van der Waals surface area contributed by atoms with E-state index in [1.54, 1.807) is 16.4 Å². The summed E-state index contributed by atoms with van der Waals surface area (Å²) in [7, 11) is 0.716. The van der Waals surface area contributed by atoms with Crippen LogP contribution in [0, 0.1) is 0 Å². The number of fused-ring (bicyclic) bond motifs is 1. The fourth-order valence-electron chi connectivity index (χ4n) is 4.70. The molecule has 0 saturated carbocycles. The first-order chi connectivity index (χ1) is 14.2. The Bertz CT molecular complexity index is 1010. The molecule has 0 unspecified atom stereocenters. The SMILES string of the molecule is CN(C)c1ccccc1N1CCN(CCN2C(C)(C)c3ccccc3S2(=O)=O)CC1. The minimum atomic E-state index is -3.43. The quantitative estimate of drug-likeness (QED) is 0.733. The van der Waals surface area contributed by atoms with Gasteiger partial charge in [-0.2, -0.15) is 4.31 Å². The van der Waals surface area contributed by atoms with Crippen molar-refractivity contribution in [3.05, 3.63) is 54.1 Å². The van der Waals surface area contributed by atoms with E-state index in [1.807, 2.05) is 26.0 Å². The lowest BCUT2D eigenvalue weighted by molar-refractivity contribution is 0.189. The molecule has 6 nitrogen and oxygen atoms in total. The highest BCUT2D eigenvalue weighted by Gasteiger charge is 2.47. The van der Waals surface area contributed by atoms with Gasteiger partial charge >= 0.3 is 0 Å². The van der Waals surface area contributed by atoms with Crippen molar-refractivity contribution in [3.8, 4) is 0 Å². The Morgan fingerprint density at radius 3 is 2.20 bits per heavy atom. The summed E-state index contributed by atoms with van der Waals surface area (Å²) >= 11 is 0. The number of anilines is 2. The maximum Gasteiger partial charge on any atom is 0.244 e. The number of benzene rings is 2. The molecule has 4 rings (SSSR count). The molecule has 0 atom stereocenters. The molecule has 1 saturated heterocycles. The predicted molar refractivity (Wildman–Crippen MR) is 123 cm³/mol. The molecule has 2 aliphatic rings. The van der Waals surface area contributed by atoms with Gasteiger partial charge in [0.2, 0.25) is 10.0 Å². The van der Waals surface area contributed by atoms with Gasteiger partial charge in [-0.05, 0) is 37.6 Å². The van der Waals surface area contributed by atoms with Crippen LogP contribution in [0.3, 0.4) is 0 Å². The molecule has 2 aliphatic heterocycles. The van der Waals surface area contributed by atoms with E-state index in [0.717, 1.165) is 38.3 Å². The highest BCUT2D eigenvalue weighted by atomic mass is 32.2. The molecule has 162 valence electrons. The van der Waals surface area contributed by atoms with Gasteiger partial charge < -0.3 is 9.80 Å². The smallest absolute Gasteiger partial charge is 0.244 e. The van der Waals surface area contributed by atoms with Crippen molar-refractivity contribution in [1.29, 1.82) is 0 Å². The predicted octanol–water partition coefficient (Wildman–Crippen LogP) is 2.81. The first-order valence-corrected chi connectivity index (χ1v) is 12.0. The molecule has 2 aromatic carbocycles. The first-order valence-electron chi connectivity index (χ1n) is 10.6. The van der Waals surface area contributed by atoms with E-state index in [1.165, 1.54) is 11.4 Å². The average Bonchev–Trinajstić information content (AvgIpc) is 2.89. The third kappa shape index (κ3) is 3.59. The zero-order valence-corrected chi connectivity index (χ0v) is 19.2. The van der Waals surface area contributed by atoms with E-state index in [9.17, 15) is 8.42 Å². The van der Waals surface area contributed by atoms with Crippen molar-refractivity contribution in [2.45, 2.75) is 24.3 Å². The molecule has 0 spiro atoms. The van der Waals surface area contributed by atoms with Crippen LogP contribution in [0.25, 0.3) is 0 Å². The van der Waals surface area contributed by atoms with Crippen LogP contribution >= 0.6 is 0 Å². The minimum Gasteiger partial charge on any atom is -0.376 e. The number of piperazine rings is 1. The molecule has 0 bridgehead atoms. The third-order valence-electron chi connectivity index (χ3n) is 6.43. The summed E-state index contributed by atoms with van der Waals surface area (Å²) in [6.45, 7) is 9.03. The van der Waals surface area contributed by atoms with Gasteiger partial charge in [0.25, 0.3) is 0 Å². The molecule has 0 aliphatic carbocycles. The molecule has 0 N–H and O–H groups in total. The maximum atomic E-state index is 13.1. The fraction of sp³-hybridized carbons (Fsp3) is 0.478. The Morgan fingerprint density at radius 2 is 1.53 bits per heavy atom. The minimum absolute atomic E-state index is 0.458. The van der Waals surface area contributed by atoms with Gasteiger partial charge in [0.1, 0.15) is 0 Å². The molecule has 0 radical (unpaired) electrons. The molecule has 7 heteroatoms. The number of nitrogens with zero attached hydrogens (tertiary/aromatic N) is 4. The maximum absolute atomic E-state index is 13.1. The zero-order valence-electron chi connectivity index (χ0n) is 18.4. The average molecular weight is 429 g/mol. The molecular weight excluding hydrogens is 396 g/mol. The second-order valence-electron chi connectivity index (χ2n) is 8.84. The van der Waals surface area contributed by atoms with E-state index in [4.69, 9.17) is 0 Å². The topological polar surface area (TPSA) is 47.1 Å². The summed E-state index contributed by atoms with van der Waals surface area (Å²) in [6.07, 6.45) is 0. The van der Waals surface area contributed by atoms with Gasteiger partial charge in [-0.25, -0.2) is 8.42 Å². The number of sulfonamides is 1. The van der Waals surface area contributed by atoms with Crippen molar-refractivity contribution < 1.29 is 8.42 Å². The molecule has 1 fully saturated rings. The monoisotopic (exact) mass is 428 g/mol. The molecule has 30 heavy (non-hydrogen) atoms. The Balaban J connectivity index is 1.40. The number of hydrogen-bond donors (Lipinski definition) is 0.